The molecule has 2 atom stereocenters. The Bertz CT molecular complexity index is 448. The van der Waals surface area contributed by atoms with Crippen LogP contribution in [0.2, 0.25) is 0 Å². The maximum absolute atomic E-state index is 2.94. The highest BCUT2D eigenvalue weighted by molar-refractivity contribution is 7.17. The number of rotatable bonds is 3. The van der Waals surface area contributed by atoms with E-state index in [0.717, 1.165) is 0 Å². The average Bonchev–Trinajstić information content (AvgIpc) is 2.29. The topological polar surface area (TPSA) is 0 Å². The Balaban J connectivity index is 2.38. The normalized spacial score (nSPS) is 12.9. The number of hydrogen-bond donors (Lipinski definition) is 0. The fourth-order valence-corrected chi connectivity index (χ4v) is 2.46. The van der Waals surface area contributed by atoms with Crippen molar-refractivity contribution >= 4 is 20.0 Å². The number of benzene rings is 2. The van der Waals surface area contributed by atoms with E-state index in [1.54, 1.807) is 0 Å². The molecular weight excluding hydrogens is 199 g/mol. The molecule has 0 nitrogen and oxygen atoms in total. The summed E-state index contributed by atoms with van der Waals surface area (Å²) in [5.41, 5.74) is 2.03. The van der Waals surface area contributed by atoms with Gasteiger partial charge in [-0.2, -0.15) is 0 Å². The van der Waals surface area contributed by atoms with Crippen molar-refractivity contribution in [2.45, 2.75) is 25.4 Å². The molecule has 0 fully saturated rings. The van der Waals surface area contributed by atoms with Crippen LogP contribution in [0.1, 0.15) is 31.0 Å². The molecule has 2 aromatic carbocycles. The van der Waals surface area contributed by atoms with E-state index in [1.807, 2.05) is 0 Å². The zero-order chi connectivity index (χ0) is 10.7. The third-order valence-electron chi connectivity index (χ3n) is 2.80. The first kappa shape index (κ1) is 10.6. The van der Waals surface area contributed by atoms with Crippen LogP contribution in [0.3, 0.4) is 0 Å². The Hall–Kier alpha value is -0.870. The molecule has 0 saturated heterocycles. The smallest absolute Gasteiger partial charge is 0.00145 e. The molecule has 2 rings (SSSR count). The Morgan fingerprint density at radius 2 is 1.80 bits per heavy atom. The van der Waals surface area contributed by atoms with Crippen molar-refractivity contribution in [1.82, 2.24) is 0 Å². The predicted octanol–water partition coefficient (Wildman–Crippen LogP) is 4.56. The number of hydrogen-bond acceptors (Lipinski definition) is 0. The van der Waals surface area contributed by atoms with Gasteiger partial charge >= 0.3 is 0 Å². The first-order valence-electron chi connectivity index (χ1n) is 5.55. The van der Waals surface area contributed by atoms with Crippen molar-refractivity contribution in [3.8, 4) is 0 Å². The van der Waals surface area contributed by atoms with E-state index in [9.17, 15) is 0 Å². The Labute approximate surface area is 93.9 Å². The first-order chi connectivity index (χ1) is 7.31. The molecule has 1 heteroatoms. The minimum Gasteiger partial charge on any atom is -0.130 e. The fraction of sp³-hybridized carbons (Fsp3) is 0.286. The highest BCUT2D eigenvalue weighted by Crippen LogP contribution is 2.29. The van der Waals surface area contributed by atoms with Gasteiger partial charge in [-0.05, 0) is 28.4 Å². The maximum Gasteiger partial charge on any atom is -0.00145 e. The molecule has 0 heterocycles. The lowest BCUT2D eigenvalue weighted by Crippen LogP contribution is -1.88. The molecule has 0 radical (unpaired) electrons. The number of fused-ring (bicyclic) bond motifs is 1. The molecule has 0 aromatic heterocycles. The molecule has 0 aliphatic carbocycles. The van der Waals surface area contributed by atoms with Crippen LogP contribution in [0.15, 0.2) is 42.5 Å². The summed E-state index contributed by atoms with van der Waals surface area (Å²) in [6, 6.07) is 15.3. The van der Waals surface area contributed by atoms with E-state index in [1.165, 1.54) is 29.2 Å². The van der Waals surface area contributed by atoms with Crippen LogP contribution < -0.4 is 0 Å². The third-order valence-corrected chi connectivity index (χ3v) is 3.52. The maximum atomic E-state index is 2.94. The van der Waals surface area contributed by atoms with Gasteiger partial charge in [-0.15, -0.1) is 9.24 Å². The molecule has 2 unspecified atom stereocenters. The Morgan fingerprint density at radius 1 is 1.07 bits per heavy atom. The Morgan fingerprint density at radius 3 is 2.53 bits per heavy atom. The van der Waals surface area contributed by atoms with Crippen LogP contribution in [-0.2, 0) is 0 Å². The van der Waals surface area contributed by atoms with Crippen LogP contribution in [-0.4, -0.2) is 0 Å². The van der Waals surface area contributed by atoms with E-state index in [2.05, 4.69) is 58.6 Å². The van der Waals surface area contributed by atoms with Gasteiger partial charge < -0.3 is 0 Å². The van der Waals surface area contributed by atoms with Gasteiger partial charge in [-0.25, -0.2) is 0 Å². The summed E-state index contributed by atoms with van der Waals surface area (Å²) >= 11 is 0. The SMILES string of the molecule is CCCC(P)c1ccc2ccccc2c1. The second-order valence-corrected chi connectivity index (χ2v) is 4.81. The van der Waals surface area contributed by atoms with Crippen LogP contribution in [0.4, 0.5) is 0 Å². The van der Waals surface area contributed by atoms with Crippen molar-refractivity contribution in [2.75, 3.05) is 0 Å². The zero-order valence-corrected chi connectivity index (χ0v) is 10.3. The Kier molecular flexibility index (Phi) is 3.38. The largest absolute Gasteiger partial charge is 0.130 e. The standard InChI is InChI=1S/C14H17P/c1-2-5-14(15)13-9-8-11-6-3-4-7-12(11)10-13/h3-4,6-10,14H,2,5,15H2,1H3. The van der Waals surface area contributed by atoms with Gasteiger partial charge in [0.2, 0.25) is 0 Å². The van der Waals surface area contributed by atoms with E-state index in [0.29, 0.717) is 5.66 Å². The highest BCUT2D eigenvalue weighted by atomic mass is 31.0. The molecule has 2 aromatic rings. The molecule has 0 saturated carbocycles. The lowest BCUT2D eigenvalue weighted by atomic mass is 10.0. The third kappa shape index (κ3) is 2.38. The quantitative estimate of drug-likeness (QED) is 0.660. The summed E-state index contributed by atoms with van der Waals surface area (Å²) in [6.07, 6.45) is 2.48. The summed E-state index contributed by atoms with van der Waals surface area (Å²) in [7, 11) is 2.94. The average molecular weight is 216 g/mol. The molecular formula is C14H17P. The van der Waals surface area contributed by atoms with Gasteiger partial charge in [0.05, 0.1) is 0 Å². The molecule has 15 heavy (non-hydrogen) atoms. The predicted molar refractivity (Wildman–Crippen MR) is 71.3 cm³/mol. The fourth-order valence-electron chi connectivity index (χ4n) is 1.92. The van der Waals surface area contributed by atoms with Crippen molar-refractivity contribution in [2.24, 2.45) is 0 Å². The summed E-state index contributed by atoms with van der Waals surface area (Å²) < 4.78 is 0. The van der Waals surface area contributed by atoms with Crippen LogP contribution in [0.5, 0.6) is 0 Å². The molecule has 0 aliphatic heterocycles. The van der Waals surface area contributed by atoms with Gasteiger partial charge in [-0.1, -0.05) is 55.8 Å². The van der Waals surface area contributed by atoms with Crippen molar-refractivity contribution in [3.05, 3.63) is 48.0 Å². The molecule has 0 aliphatic rings. The van der Waals surface area contributed by atoms with Crippen molar-refractivity contribution in [3.63, 3.8) is 0 Å². The van der Waals surface area contributed by atoms with Gasteiger partial charge in [0.1, 0.15) is 0 Å². The second-order valence-electron chi connectivity index (χ2n) is 4.00. The van der Waals surface area contributed by atoms with Gasteiger partial charge in [0.15, 0.2) is 0 Å². The molecule has 0 spiro atoms. The van der Waals surface area contributed by atoms with E-state index in [4.69, 9.17) is 0 Å². The molecule has 0 amide bonds. The minimum absolute atomic E-state index is 0.597. The minimum atomic E-state index is 0.597. The highest BCUT2D eigenvalue weighted by Gasteiger charge is 2.04. The van der Waals surface area contributed by atoms with Crippen LogP contribution in [0, 0.1) is 0 Å². The summed E-state index contributed by atoms with van der Waals surface area (Å²) in [4.78, 5) is 0. The lowest BCUT2D eigenvalue weighted by molar-refractivity contribution is 0.779. The van der Waals surface area contributed by atoms with E-state index in [-0.39, 0.29) is 0 Å². The summed E-state index contributed by atoms with van der Waals surface area (Å²) in [5, 5.41) is 2.67. The van der Waals surface area contributed by atoms with Gasteiger partial charge in [-0.3, -0.25) is 0 Å². The summed E-state index contributed by atoms with van der Waals surface area (Å²) in [6.45, 7) is 2.23. The lowest BCUT2D eigenvalue weighted by Gasteiger charge is -2.11. The van der Waals surface area contributed by atoms with Crippen molar-refractivity contribution in [1.29, 1.82) is 0 Å². The van der Waals surface area contributed by atoms with E-state index >= 15 is 0 Å². The van der Waals surface area contributed by atoms with Crippen LogP contribution in [0.25, 0.3) is 10.8 Å². The monoisotopic (exact) mass is 216 g/mol. The second kappa shape index (κ2) is 4.77. The van der Waals surface area contributed by atoms with Crippen LogP contribution >= 0.6 is 9.24 Å². The van der Waals surface area contributed by atoms with Gasteiger partial charge in [0.25, 0.3) is 0 Å². The van der Waals surface area contributed by atoms with Crippen molar-refractivity contribution < 1.29 is 0 Å². The molecule has 0 N–H and O–H groups in total. The summed E-state index contributed by atoms with van der Waals surface area (Å²) in [5.74, 6) is 0. The zero-order valence-electron chi connectivity index (χ0n) is 9.11. The molecule has 78 valence electrons. The van der Waals surface area contributed by atoms with E-state index < -0.39 is 0 Å². The first-order valence-corrected chi connectivity index (χ1v) is 6.22. The molecule has 0 bridgehead atoms. The van der Waals surface area contributed by atoms with Gasteiger partial charge in [0, 0.05) is 0 Å².